The average molecular weight is 384 g/mol. The first kappa shape index (κ1) is 17.6. The van der Waals surface area contributed by atoms with E-state index in [1.54, 1.807) is 36.1 Å². The zero-order chi connectivity index (χ0) is 19.0. The lowest BCUT2D eigenvalue weighted by atomic mass is 10.1. The number of fused-ring (bicyclic) bond motifs is 2. The van der Waals surface area contributed by atoms with E-state index >= 15 is 0 Å². The van der Waals surface area contributed by atoms with E-state index in [-0.39, 0.29) is 12.5 Å². The predicted octanol–water partition coefficient (Wildman–Crippen LogP) is 3.64. The number of carbonyl (C=O) groups excluding carboxylic acids is 2. The van der Waals surface area contributed by atoms with Crippen molar-refractivity contribution in [2.75, 3.05) is 18.1 Å². The summed E-state index contributed by atoms with van der Waals surface area (Å²) in [6.07, 6.45) is 1.61. The molecule has 1 unspecified atom stereocenters. The van der Waals surface area contributed by atoms with Gasteiger partial charge in [0.05, 0.1) is 5.57 Å². The molecule has 2 aliphatic rings. The van der Waals surface area contributed by atoms with Gasteiger partial charge in [0.25, 0.3) is 5.91 Å². The Morgan fingerprint density at radius 1 is 1.22 bits per heavy atom. The van der Waals surface area contributed by atoms with Gasteiger partial charge in [0.1, 0.15) is 12.4 Å². The van der Waals surface area contributed by atoms with Crippen molar-refractivity contribution in [3.63, 3.8) is 0 Å². The molecule has 2 aromatic carbocycles. The molecule has 2 heterocycles. The summed E-state index contributed by atoms with van der Waals surface area (Å²) in [5.41, 5.74) is 3.08. The van der Waals surface area contributed by atoms with E-state index in [0.717, 1.165) is 17.7 Å². The van der Waals surface area contributed by atoms with Crippen LogP contribution in [0.25, 0.3) is 6.08 Å². The molecule has 0 N–H and O–H groups in total. The molecule has 2 aliphatic heterocycles. The van der Waals surface area contributed by atoms with E-state index < -0.39 is 12.1 Å². The number of ether oxygens (including phenoxy) is 2. The van der Waals surface area contributed by atoms with Crippen LogP contribution in [0.5, 0.6) is 5.75 Å². The molecule has 5 nitrogen and oxygen atoms in total. The highest BCUT2D eigenvalue weighted by atomic mass is 35.5. The molecule has 27 heavy (non-hydrogen) atoms. The number of para-hydroxylation sites is 1. The van der Waals surface area contributed by atoms with E-state index in [1.807, 2.05) is 24.3 Å². The topological polar surface area (TPSA) is 55.8 Å². The van der Waals surface area contributed by atoms with Crippen LogP contribution in [0.3, 0.4) is 0 Å². The number of hydrogen-bond donors (Lipinski definition) is 0. The highest BCUT2D eigenvalue weighted by Crippen LogP contribution is 2.30. The third-order valence-electron chi connectivity index (χ3n) is 4.73. The monoisotopic (exact) mass is 383 g/mol. The Kier molecular flexibility index (Phi) is 4.62. The number of halogens is 1. The second-order valence-corrected chi connectivity index (χ2v) is 6.99. The van der Waals surface area contributed by atoms with E-state index in [1.165, 1.54) is 0 Å². The van der Waals surface area contributed by atoms with Gasteiger partial charge in [-0.2, -0.15) is 0 Å². The second kappa shape index (κ2) is 7.08. The fourth-order valence-electron chi connectivity index (χ4n) is 3.34. The van der Waals surface area contributed by atoms with Crippen LogP contribution >= 0.6 is 11.6 Å². The number of amides is 1. The molecule has 0 saturated carbocycles. The third kappa shape index (κ3) is 3.43. The van der Waals surface area contributed by atoms with Crippen LogP contribution in [0.2, 0.25) is 5.02 Å². The summed E-state index contributed by atoms with van der Waals surface area (Å²) in [4.78, 5) is 26.9. The molecule has 0 aliphatic carbocycles. The van der Waals surface area contributed by atoms with Gasteiger partial charge in [0.15, 0.2) is 6.10 Å². The molecular formula is C21H18ClNO4. The van der Waals surface area contributed by atoms with Crippen molar-refractivity contribution in [3.05, 3.63) is 64.2 Å². The normalized spacial score (nSPS) is 15.9. The number of esters is 1. The van der Waals surface area contributed by atoms with Gasteiger partial charge in [0, 0.05) is 22.8 Å². The largest absolute Gasteiger partial charge is 0.488 e. The van der Waals surface area contributed by atoms with Crippen LogP contribution < -0.4 is 9.64 Å². The minimum Gasteiger partial charge on any atom is -0.488 e. The average Bonchev–Trinajstić information content (AvgIpc) is 3.10. The van der Waals surface area contributed by atoms with E-state index in [9.17, 15) is 9.59 Å². The summed E-state index contributed by atoms with van der Waals surface area (Å²) in [5.74, 6) is -0.128. The Morgan fingerprint density at radius 2 is 2.04 bits per heavy atom. The number of hydrogen-bond acceptors (Lipinski definition) is 4. The zero-order valence-electron chi connectivity index (χ0n) is 14.8. The number of rotatable bonds is 3. The maximum Gasteiger partial charge on any atom is 0.338 e. The Balaban J connectivity index is 1.46. The Morgan fingerprint density at radius 3 is 2.89 bits per heavy atom. The minimum absolute atomic E-state index is 0.0981. The SMILES string of the molecule is CC(OC(=O)C1=Cc2cc(Cl)ccc2OC1)C(=O)N1CCc2ccccc21. The molecule has 4 rings (SSSR count). The smallest absolute Gasteiger partial charge is 0.338 e. The summed E-state index contributed by atoms with van der Waals surface area (Å²) in [5, 5.41) is 0.555. The molecule has 0 saturated heterocycles. The van der Waals surface area contributed by atoms with Crippen LogP contribution in [0.1, 0.15) is 18.1 Å². The lowest BCUT2D eigenvalue weighted by Crippen LogP contribution is -2.39. The van der Waals surface area contributed by atoms with Gasteiger partial charge in [-0.05, 0) is 49.2 Å². The molecule has 1 amide bonds. The number of benzene rings is 2. The molecular weight excluding hydrogens is 366 g/mol. The highest BCUT2D eigenvalue weighted by Gasteiger charge is 2.30. The number of nitrogens with zero attached hydrogens (tertiary/aromatic N) is 1. The predicted molar refractivity (Wildman–Crippen MR) is 103 cm³/mol. The Hall–Kier alpha value is -2.79. The lowest BCUT2D eigenvalue weighted by molar-refractivity contribution is -0.150. The van der Waals surface area contributed by atoms with E-state index in [2.05, 4.69) is 0 Å². The van der Waals surface area contributed by atoms with Crippen LogP contribution in [-0.4, -0.2) is 31.1 Å². The van der Waals surface area contributed by atoms with Crippen LogP contribution in [-0.2, 0) is 20.7 Å². The zero-order valence-corrected chi connectivity index (χ0v) is 15.5. The van der Waals surface area contributed by atoms with Crippen LogP contribution in [0.4, 0.5) is 5.69 Å². The van der Waals surface area contributed by atoms with Gasteiger partial charge in [-0.15, -0.1) is 0 Å². The van der Waals surface area contributed by atoms with Crippen molar-refractivity contribution in [2.24, 2.45) is 0 Å². The molecule has 1 atom stereocenters. The van der Waals surface area contributed by atoms with Crippen LogP contribution in [0, 0.1) is 0 Å². The van der Waals surface area contributed by atoms with Gasteiger partial charge < -0.3 is 14.4 Å². The van der Waals surface area contributed by atoms with Crippen molar-refractivity contribution >= 4 is 35.2 Å². The first-order valence-electron chi connectivity index (χ1n) is 8.76. The number of carbonyl (C=O) groups is 2. The van der Waals surface area contributed by atoms with Crippen molar-refractivity contribution in [3.8, 4) is 5.75 Å². The molecule has 0 fully saturated rings. The van der Waals surface area contributed by atoms with Gasteiger partial charge in [-0.1, -0.05) is 29.8 Å². The summed E-state index contributed by atoms with van der Waals surface area (Å²) in [7, 11) is 0. The Bertz CT molecular complexity index is 953. The molecule has 138 valence electrons. The van der Waals surface area contributed by atoms with Gasteiger partial charge in [0.2, 0.25) is 0 Å². The first-order chi connectivity index (χ1) is 13.0. The first-order valence-corrected chi connectivity index (χ1v) is 9.14. The van der Waals surface area contributed by atoms with Gasteiger partial charge in [-0.25, -0.2) is 4.79 Å². The fraction of sp³-hybridized carbons (Fsp3) is 0.238. The van der Waals surface area contributed by atoms with Gasteiger partial charge in [-0.3, -0.25) is 4.79 Å². The third-order valence-corrected chi connectivity index (χ3v) is 4.97. The quantitative estimate of drug-likeness (QED) is 0.759. The molecule has 2 aromatic rings. The molecule has 0 aromatic heterocycles. The Labute approximate surface area is 162 Å². The lowest BCUT2D eigenvalue weighted by Gasteiger charge is -2.23. The molecule has 6 heteroatoms. The van der Waals surface area contributed by atoms with E-state index in [0.29, 0.717) is 28.5 Å². The molecule has 0 radical (unpaired) electrons. The summed E-state index contributed by atoms with van der Waals surface area (Å²) < 4.78 is 11.0. The maximum atomic E-state index is 12.7. The summed E-state index contributed by atoms with van der Waals surface area (Å²) >= 11 is 5.99. The van der Waals surface area contributed by atoms with Crippen molar-refractivity contribution in [2.45, 2.75) is 19.4 Å². The maximum absolute atomic E-state index is 12.7. The van der Waals surface area contributed by atoms with Gasteiger partial charge >= 0.3 is 5.97 Å². The summed E-state index contributed by atoms with van der Waals surface area (Å²) in [6.45, 7) is 2.29. The van der Waals surface area contributed by atoms with Crippen molar-refractivity contribution in [1.29, 1.82) is 0 Å². The summed E-state index contributed by atoms with van der Waals surface area (Å²) in [6, 6.07) is 13.0. The van der Waals surface area contributed by atoms with Crippen molar-refractivity contribution in [1.82, 2.24) is 0 Å². The second-order valence-electron chi connectivity index (χ2n) is 6.56. The highest BCUT2D eigenvalue weighted by molar-refractivity contribution is 6.30. The minimum atomic E-state index is -0.884. The standard InChI is InChI=1S/C21H18ClNO4/c1-13(20(24)23-9-8-14-4-2-3-5-18(14)23)27-21(25)16-10-15-11-17(22)6-7-19(15)26-12-16/h2-7,10-11,13H,8-9,12H2,1H3. The molecule has 0 bridgehead atoms. The van der Waals surface area contributed by atoms with Crippen molar-refractivity contribution < 1.29 is 19.1 Å². The fourth-order valence-corrected chi connectivity index (χ4v) is 3.52. The number of anilines is 1. The van der Waals surface area contributed by atoms with Crippen LogP contribution in [0.15, 0.2) is 48.0 Å². The molecule has 0 spiro atoms. The van der Waals surface area contributed by atoms with E-state index in [4.69, 9.17) is 21.1 Å².